The SMILES string of the molecule is CN(CC(=O)O)C1CCN(CC2CCCC2)CC1. The van der Waals surface area contributed by atoms with Crippen molar-refractivity contribution >= 4 is 5.97 Å². The molecular weight excluding hydrogens is 228 g/mol. The normalized spacial score (nSPS) is 23.9. The van der Waals surface area contributed by atoms with Crippen LogP contribution < -0.4 is 0 Å². The summed E-state index contributed by atoms with van der Waals surface area (Å²) in [6.07, 6.45) is 7.91. The molecule has 4 nitrogen and oxygen atoms in total. The molecular formula is C14H26N2O2. The van der Waals surface area contributed by atoms with E-state index in [-0.39, 0.29) is 6.54 Å². The number of hydrogen-bond acceptors (Lipinski definition) is 3. The van der Waals surface area contributed by atoms with Gasteiger partial charge in [-0.05, 0) is 51.7 Å². The zero-order valence-corrected chi connectivity index (χ0v) is 11.5. The molecule has 0 aromatic heterocycles. The molecule has 0 radical (unpaired) electrons. The van der Waals surface area contributed by atoms with Gasteiger partial charge < -0.3 is 10.0 Å². The quantitative estimate of drug-likeness (QED) is 0.810. The van der Waals surface area contributed by atoms with E-state index in [1.54, 1.807) is 0 Å². The summed E-state index contributed by atoms with van der Waals surface area (Å²) in [7, 11) is 1.94. The van der Waals surface area contributed by atoms with Crippen molar-refractivity contribution in [1.29, 1.82) is 0 Å². The van der Waals surface area contributed by atoms with E-state index < -0.39 is 5.97 Å². The van der Waals surface area contributed by atoms with Crippen molar-refractivity contribution in [2.75, 3.05) is 33.2 Å². The third-order valence-electron chi connectivity index (χ3n) is 4.56. The summed E-state index contributed by atoms with van der Waals surface area (Å²) in [5, 5.41) is 8.80. The Labute approximate surface area is 110 Å². The van der Waals surface area contributed by atoms with E-state index in [9.17, 15) is 4.79 Å². The molecule has 0 aromatic rings. The van der Waals surface area contributed by atoms with Gasteiger partial charge in [0.05, 0.1) is 6.54 Å². The van der Waals surface area contributed by atoms with E-state index in [0.717, 1.165) is 31.8 Å². The molecule has 1 N–H and O–H groups in total. The predicted molar refractivity (Wildman–Crippen MR) is 71.7 cm³/mol. The first-order valence-corrected chi connectivity index (χ1v) is 7.29. The van der Waals surface area contributed by atoms with E-state index >= 15 is 0 Å². The number of likely N-dealkylation sites (tertiary alicyclic amines) is 1. The minimum absolute atomic E-state index is 0.174. The average molecular weight is 254 g/mol. The zero-order chi connectivity index (χ0) is 13.0. The Kier molecular flexibility index (Phi) is 5.01. The van der Waals surface area contributed by atoms with Crippen LogP contribution in [-0.2, 0) is 4.79 Å². The van der Waals surface area contributed by atoms with Crippen molar-refractivity contribution in [3.8, 4) is 0 Å². The van der Waals surface area contributed by atoms with Crippen molar-refractivity contribution in [3.63, 3.8) is 0 Å². The van der Waals surface area contributed by atoms with Crippen molar-refractivity contribution < 1.29 is 9.90 Å². The summed E-state index contributed by atoms with van der Waals surface area (Å²) in [4.78, 5) is 15.3. The molecule has 1 saturated heterocycles. The lowest BCUT2D eigenvalue weighted by atomic mass is 10.0. The highest BCUT2D eigenvalue weighted by atomic mass is 16.4. The van der Waals surface area contributed by atoms with E-state index in [0.29, 0.717) is 6.04 Å². The summed E-state index contributed by atoms with van der Waals surface area (Å²) in [6.45, 7) is 3.74. The fraction of sp³-hybridized carbons (Fsp3) is 0.929. The maximum atomic E-state index is 10.7. The van der Waals surface area contributed by atoms with Crippen molar-refractivity contribution in [3.05, 3.63) is 0 Å². The molecule has 1 aliphatic carbocycles. The Balaban J connectivity index is 1.68. The molecule has 2 fully saturated rings. The van der Waals surface area contributed by atoms with Crippen molar-refractivity contribution in [2.45, 2.75) is 44.6 Å². The summed E-state index contributed by atoms with van der Waals surface area (Å²) >= 11 is 0. The fourth-order valence-electron chi connectivity index (χ4n) is 3.44. The van der Waals surface area contributed by atoms with Crippen LogP contribution in [0.25, 0.3) is 0 Å². The van der Waals surface area contributed by atoms with Crippen LogP contribution >= 0.6 is 0 Å². The standard InChI is InChI=1S/C14H26N2O2/c1-15(11-14(17)18)13-6-8-16(9-7-13)10-12-4-2-3-5-12/h12-13H,2-11H2,1H3,(H,17,18). The second kappa shape index (κ2) is 6.53. The molecule has 0 spiro atoms. The van der Waals surface area contributed by atoms with Gasteiger partial charge in [0.15, 0.2) is 0 Å². The Bertz CT molecular complexity index is 269. The number of carboxylic acid groups (broad SMARTS) is 1. The van der Waals surface area contributed by atoms with Crippen molar-refractivity contribution in [2.24, 2.45) is 5.92 Å². The van der Waals surface area contributed by atoms with E-state index in [4.69, 9.17) is 5.11 Å². The number of hydrogen-bond donors (Lipinski definition) is 1. The van der Waals surface area contributed by atoms with Crippen LogP contribution in [0.1, 0.15) is 38.5 Å². The third-order valence-corrected chi connectivity index (χ3v) is 4.56. The number of carboxylic acids is 1. The number of likely N-dealkylation sites (N-methyl/N-ethyl adjacent to an activating group) is 1. The third kappa shape index (κ3) is 3.95. The first-order chi connectivity index (χ1) is 8.65. The monoisotopic (exact) mass is 254 g/mol. The van der Waals surface area contributed by atoms with Crippen molar-refractivity contribution in [1.82, 2.24) is 9.80 Å². The van der Waals surface area contributed by atoms with Gasteiger partial charge >= 0.3 is 5.97 Å². The van der Waals surface area contributed by atoms with Crippen LogP contribution in [0.2, 0.25) is 0 Å². The zero-order valence-electron chi connectivity index (χ0n) is 11.5. The maximum absolute atomic E-state index is 10.7. The first-order valence-electron chi connectivity index (χ1n) is 7.29. The minimum atomic E-state index is -0.717. The lowest BCUT2D eigenvalue weighted by molar-refractivity contribution is -0.138. The lowest BCUT2D eigenvalue weighted by Crippen LogP contribution is -2.45. The molecule has 1 heterocycles. The van der Waals surface area contributed by atoms with Gasteiger partial charge in [0.1, 0.15) is 0 Å². The lowest BCUT2D eigenvalue weighted by Gasteiger charge is -2.37. The fourth-order valence-corrected chi connectivity index (χ4v) is 3.44. The van der Waals surface area contributed by atoms with Gasteiger partial charge in [0.25, 0.3) is 0 Å². The minimum Gasteiger partial charge on any atom is -0.480 e. The summed E-state index contributed by atoms with van der Waals surface area (Å²) in [5.74, 6) is 0.212. The van der Waals surface area contributed by atoms with Crippen LogP contribution in [0.5, 0.6) is 0 Å². The van der Waals surface area contributed by atoms with Gasteiger partial charge in [-0.25, -0.2) is 0 Å². The highest BCUT2D eigenvalue weighted by molar-refractivity contribution is 5.69. The number of nitrogens with zero attached hydrogens (tertiary/aromatic N) is 2. The van der Waals surface area contributed by atoms with Crippen LogP contribution in [0.4, 0.5) is 0 Å². The second-order valence-corrected chi connectivity index (χ2v) is 5.99. The molecule has 0 amide bonds. The summed E-state index contributed by atoms with van der Waals surface area (Å²) < 4.78 is 0. The maximum Gasteiger partial charge on any atom is 0.317 e. The van der Waals surface area contributed by atoms with Gasteiger partial charge in [-0.1, -0.05) is 12.8 Å². The molecule has 0 aromatic carbocycles. The molecule has 104 valence electrons. The highest BCUT2D eigenvalue weighted by Crippen LogP contribution is 2.26. The summed E-state index contributed by atoms with van der Waals surface area (Å²) in [5.41, 5.74) is 0. The Morgan fingerprint density at radius 2 is 1.83 bits per heavy atom. The Morgan fingerprint density at radius 3 is 2.39 bits per heavy atom. The molecule has 18 heavy (non-hydrogen) atoms. The van der Waals surface area contributed by atoms with Crippen LogP contribution in [-0.4, -0.2) is 60.1 Å². The van der Waals surface area contributed by atoms with E-state index in [1.807, 2.05) is 11.9 Å². The van der Waals surface area contributed by atoms with E-state index in [1.165, 1.54) is 32.2 Å². The van der Waals surface area contributed by atoms with Gasteiger partial charge in [0, 0.05) is 12.6 Å². The molecule has 2 aliphatic rings. The Hall–Kier alpha value is -0.610. The second-order valence-electron chi connectivity index (χ2n) is 5.99. The van der Waals surface area contributed by atoms with Crippen LogP contribution in [0, 0.1) is 5.92 Å². The van der Waals surface area contributed by atoms with E-state index in [2.05, 4.69) is 4.90 Å². The predicted octanol–water partition coefficient (Wildman–Crippen LogP) is 1.66. The molecule has 4 heteroatoms. The largest absolute Gasteiger partial charge is 0.480 e. The number of carbonyl (C=O) groups is 1. The smallest absolute Gasteiger partial charge is 0.317 e. The topological polar surface area (TPSA) is 43.8 Å². The molecule has 1 aliphatic heterocycles. The average Bonchev–Trinajstić information content (AvgIpc) is 2.82. The summed E-state index contributed by atoms with van der Waals surface area (Å²) in [6, 6.07) is 0.459. The van der Waals surface area contributed by atoms with Gasteiger partial charge in [0.2, 0.25) is 0 Å². The number of rotatable bonds is 5. The van der Waals surface area contributed by atoms with Gasteiger partial charge in [-0.15, -0.1) is 0 Å². The van der Waals surface area contributed by atoms with Crippen LogP contribution in [0.3, 0.4) is 0 Å². The molecule has 0 atom stereocenters. The van der Waals surface area contributed by atoms with Crippen LogP contribution in [0.15, 0.2) is 0 Å². The molecule has 1 saturated carbocycles. The van der Waals surface area contributed by atoms with Gasteiger partial charge in [-0.2, -0.15) is 0 Å². The highest BCUT2D eigenvalue weighted by Gasteiger charge is 2.25. The Morgan fingerprint density at radius 1 is 1.22 bits per heavy atom. The van der Waals surface area contributed by atoms with Gasteiger partial charge in [-0.3, -0.25) is 9.69 Å². The molecule has 2 rings (SSSR count). The molecule has 0 unspecified atom stereocenters. The first kappa shape index (κ1) is 13.8. The number of piperidine rings is 1. The number of aliphatic carboxylic acids is 1. The molecule has 0 bridgehead atoms.